The molecule has 0 spiro atoms. The Kier molecular flexibility index (Phi) is 7.80. The number of rotatable bonds is 5. The SMILES string of the molecule is c1ccc(-c2nc(-c3ccccc3)nc(-n3c4ccc(-c5cccc(-c6ccc7ccc8cccnc8c7n6)c5)cc4c4cc5c6ccccc6c6ccccc6c5cc43)n2)cc1. The first-order chi connectivity index (χ1) is 31.2. The van der Waals surface area contributed by atoms with Crippen LogP contribution in [0.1, 0.15) is 0 Å². The summed E-state index contributed by atoms with van der Waals surface area (Å²) >= 11 is 0. The predicted molar refractivity (Wildman–Crippen MR) is 259 cm³/mol. The molecule has 13 aromatic rings. The van der Waals surface area contributed by atoms with E-state index in [1.54, 1.807) is 0 Å². The van der Waals surface area contributed by atoms with E-state index in [4.69, 9.17) is 24.9 Å². The topological polar surface area (TPSA) is 69.4 Å². The van der Waals surface area contributed by atoms with Crippen LogP contribution in [0, 0.1) is 0 Å². The number of aromatic nitrogens is 6. The van der Waals surface area contributed by atoms with E-state index in [1.165, 1.54) is 32.3 Å². The van der Waals surface area contributed by atoms with Gasteiger partial charge in [0.2, 0.25) is 5.95 Å². The minimum absolute atomic E-state index is 0.561. The number of pyridine rings is 2. The Morgan fingerprint density at radius 2 is 0.857 bits per heavy atom. The van der Waals surface area contributed by atoms with Crippen LogP contribution in [0.4, 0.5) is 0 Å². The van der Waals surface area contributed by atoms with Crippen molar-refractivity contribution in [1.82, 2.24) is 29.5 Å². The summed E-state index contributed by atoms with van der Waals surface area (Å²) in [6.45, 7) is 0. The summed E-state index contributed by atoms with van der Waals surface area (Å²) in [5.41, 5.74) is 9.85. The quantitative estimate of drug-likeness (QED) is 0.162. The molecule has 0 amide bonds. The van der Waals surface area contributed by atoms with Gasteiger partial charge in [-0.05, 0) is 85.9 Å². The fourth-order valence-corrected chi connectivity index (χ4v) is 9.45. The van der Waals surface area contributed by atoms with Crippen LogP contribution >= 0.6 is 0 Å². The smallest absolute Gasteiger partial charge is 0.238 e. The summed E-state index contributed by atoms with van der Waals surface area (Å²) in [7, 11) is 0. The van der Waals surface area contributed by atoms with Gasteiger partial charge >= 0.3 is 0 Å². The molecule has 0 atom stereocenters. The maximum absolute atomic E-state index is 5.26. The van der Waals surface area contributed by atoms with Crippen LogP contribution < -0.4 is 0 Å². The van der Waals surface area contributed by atoms with E-state index in [-0.39, 0.29) is 0 Å². The van der Waals surface area contributed by atoms with Crippen molar-refractivity contribution in [3.8, 4) is 51.1 Å². The molecule has 0 bridgehead atoms. The molecule has 6 nitrogen and oxygen atoms in total. The minimum atomic E-state index is 0.561. The zero-order valence-corrected chi connectivity index (χ0v) is 33.8. The van der Waals surface area contributed by atoms with Crippen molar-refractivity contribution < 1.29 is 0 Å². The highest BCUT2D eigenvalue weighted by Gasteiger charge is 2.21. The molecule has 9 aromatic carbocycles. The summed E-state index contributed by atoms with van der Waals surface area (Å²) in [6, 6.07) is 70.5. The van der Waals surface area contributed by atoms with Crippen molar-refractivity contribution in [2.45, 2.75) is 0 Å². The molecule has 6 heteroatoms. The van der Waals surface area contributed by atoms with Crippen molar-refractivity contribution in [2.75, 3.05) is 0 Å². The standard InChI is InChI=1S/C57H34N6/c1-3-13-37(14-4-1)55-60-56(38-15-5-2-6-16-38)62-57(61-55)63-51-29-27-40(39-17-11-18-41(31-39)50-28-26-36-25-24-35-19-12-30-58-53(35)54(36)59-50)32-48(51)49-33-46-44-22-9-7-20-42(44)43-21-8-10-23-45(43)47(46)34-52(49)63/h1-34H. The predicted octanol–water partition coefficient (Wildman–Crippen LogP) is 14.2. The van der Waals surface area contributed by atoms with Gasteiger partial charge in [-0.1, -0.05) is 158 Å². The van der Waals surface area contributed by atoms with Crippen LogP contribution in [-0.2, 0) is 0 Å². The van der Waals surface area contributed by atoms with Gasteiger partial charge in [0.1, 0.15) is 0 Å². The molecule has 4 heterocycles. The molecule has 0 unspecified atom stereocenters. The third kappa shape index (κ3) is 5.69. The van der Waals surface area contributed by atoms with Gasteiger partial charge in [-0.3, -0.25) is 9.55 Å². The third-order valence-electron chi connectivity index (χ3n) is 12.4. The highest BCUT2D eigenvalue weighted by Crippen LogP contribution is 2.42. The molecule has 0 radical (unpaired) electrons. The fraction of sp³-hybridized carbons (Fsp3) is 0. The molecule has 63 heavy (non-hydrogen) atoms. The molecule has 0 saturated carbocycles. The van der Waals surface area contributed by atoms with E-state index < -0.39 is 0 Å². The molecule has 0 N–H and O–H groups in total. The van der Waals surface area contributed by atoms with E-state index in [0.29, 0.717) is 17.6 Å². The lowest BCUT2D eigenvalue weighted by atomic mass is 9.93. The monoisotopic (exact) mass is 802 g/mol. The molecular weight excluding hydrogens is 769 g/mol. The maximum Gasteiger partial charge on any atom is 0.238 e. The molecular formula is C57H34N6. The van der Waals surface area contributed by atoms with Crippen molar-refractivity contribution in [1.29, 1.82) is 0 Å². The Bertz CT molecular complexity index is 3910. The van der Waals surface area contributed by atoms with E-state index in [1.807, 2.05) is 48.7 Å². The summed E-state index contributed by atoms with van der Waals surface area (Å²) in [6.07, 6.45) is 1.84. The molecule has 0 aliphatic carbocycles. The lowest BCUT2D eigenvalue weighted by Crippen LogP contribution is -2.06. The highest BCUT2D eigenvalue weighted by atomic mass is 15.2. The summed E-state index contributed by atoms with van der Waals surface area (Å²) in [5.74, 6) is 1.80. The van der Waals surface area contributed by atoms with Crippen molar-refractivity contribution in [2.24, 2.45) is 0 Å². The molecule has 292 valence electrons. The van der Waals surface area contributed by atoms with E-state index in [0.717, 1.165) is 77.1 Å². The van der Waals surface area contributed by atoms with Gasteiger partial charge in [0.15, 0.2) is 11.6 Å². The molecule has 0 saturated heterocycles. The van der Waals surface area contributed by atoms with Crippen LogP contribution in [0.3, 0.4) is 0 Å². The Labute approximate surface area is 361 Å². The molecule has 0 aliphatic rings. The van der Waals surface area contributed by atoms with Crippen LogP contribution in [0.2, 0.25) is 0 Å². The molecule has 0 aliphatic heterocycles. The van der Waals surface area contributed by atoms with Gasteiger partial charge in [-0.25, -0.2) is 9.97 Å². The maximum atomic E-state index is 5.26. The molecule has 13 rings (SSSR count). The second-order valence-electron chi connectivity index (χ2n) is 16.1. The van der Waals surface area contributed by atoms with Crippen molar-refractivity contribution >= 4 is 75.9 Å². The number of hydrogen-bond acceptors (Lipinski definition) is 5. The first kappa shape index (κ1) is 35.2. The van der Waals surface area contributed by atoms with Gasteiger partial charge in [0.05, 0.1) is 27.8 Å². The fourth-order valence-electron chi connectivity index (χ4n) is 9.45. The Morgan fingerprint density at radius 1 is 0.302 bits per heavy atom. The Hall–Kier alpha value is -8.61. The van der Waals surface area contributed by atoms with Crippen molar-refractivity contribution in [3.63, 3.8) is 0 Å². The molecule has 4 aromatic heterocycles. The summed E-state index contributed by atoms with van der Waals surface area (Å²) in [4.78, 5) is 25.4. The normalized spacial score (nSPS) is 11.8. The van der Waals surface area contributed by atoms with Gasteiger partial charge in [0, 0.05) is 44.4 Å². The third-order valence-corrected chi connectivity index (χ3v) is 12.4. The van der Waals surface area contributed by atoms with Crippen LogP contribution in [0.15, 0.2) is 206 Å². The van der Waals surface area contributed by atoms with Crippen LogP contribution in [0.25, 0.3) is 127 Å². The van der Waals surface area contributed by atoms with Gasteiger partial charge in [0.25, 0.3) is 0 Å². The van der Waals surface area contributed by atoms with Crippen LogP contribution in [0.5, 0.6) is 0 Å². The van der Waals surface area contributed by atoms with E-state index in [2.05, 4.69) is 162 Å². The van der Waals surface area contributed by atoms with Gasteiger partial charge < -0.3 is 0 Å². The van der Waals surface area contributed by atoms with Gasteiger partial charge in [-0.15, -0.1) is 0 Å². The number of benzene rings is 9. The van der Waals surface area contributed by atoms with E-state index >= 15 is 0 Å². The lowest BCUT2D eigenvalue weighted by Gasteiger charge is -2.13. The van der Waals surface area contributed by atoms with E-state index in [9.17, 15) is 0 Å². The second-order valence-corrected chi connectivity index (χ2v) is 16.1. The minimum Gasteiger partial charge on any atom is -0.278 e. The summed E-state index contributed by atoms with van der Waals surface area (Å²) < 4.78 is 2.23. The Balaban J connectivity index is 1.07. The number of nitrogens with zero attached hydrogens (tertiary/aromatic N) is 6. The average molecular weight is 803 g/mol. The average Bonchev–Trinajstić information content (AvgIpc) is 3.68. The Morgan fingerprint density at radius 3 is 1.56 bits per heavy atom. The highest BCUT2D eigenvalue weighted by molar-refractivity contribution is 6.29. The summed E-state index contributed by atoms with van der Waals surface area (Å²) in [5, 5.41) is 11.7. The first-order valence-corrected chi connectivity index (χ1v) is 21.2. The molecule has 0 fully saturated rings. The number of hydrogen-bond donors (Lipinski definition) is 0. The zero-order valence-electron chi connectivity index (χ0n) is 33.8. The number of fused-ring (bicyclic) bond motifs is 12. The van der Waals surface area contributed by atoms with Crippen molar-refractivity contribution in [3.05, 3.63) is 206 Å². The van der Waals surface area contributed by atoms with Crippen LogP contribution in [-0.4, -0.2) is 29.5 Å². The largest absolute Gasteiger partial charge is 0.278 e. The second kappa shape index (κ2) is 14.0. The van der Waals surface area contributed by atoms with Gasteiger partial charge in [-0.2, -0.15) is 9.97 Å². The lowest BCUT2D eigenvalue weighted by molar-refractivity contribution is 0.954. The first-order valence-electron chi connectivity index (χ1n) is 21.2. The zero-order chi connectivity index (χ0) is 41.4.